The summed E-state index contributed by atoms with van der Waals surface area (Å²) in [6, 6.07) is 0. The summed E-state index contributed by atoms with van der Waals surface area (Å²) in [7, 11) is 0. The van der Waals surface area contributed by atoms with Crippen molar-refractivity contribution in [1.82, 2.24) is 0 Å². The molecule has 0 aromatic rings. The van der Waals surface area contributed by atoms with Gasteiger partial charge in [-0.05, 0) is 49.4 Å². The number of hydrogen-bond acceptors (Lipinski definition) is 4. The second kappa shape index (κ2) is 5.81. The van der Waals surface area contributed by atoms with E-state index in [9.17, 15) is 9.59 Å². The fraction of sp³-hybridized carbons (Fsp3) is 0.889. The highest BCUT2D eigenvalue weighted by molar-refractivity contribution is 5.66. The summed E-state index contributed by atoms with van der Waals surface area (Å²) in [6.45, 7) is 10.9. The van der Waals surface area contributed by atoms with Crippen LogP contribution in [0.15, 0.2) is 4.99 Å². The number of isocyanates is 1. The van der Waals surface area contributed by atoms with Crippen molar-refractivity contribution in [2.75, 3.05) is 6.54 Å². The highest BCUT2D eigenvalue weighted by Crippen LogP contribution is 2.62. The molecule has 4 atom stereocenters. The van der Waals surface area contributed by atoms with E-state index in [1.54, 1.807) is 6.08 Å². The fourth-order valence-corrected chi connectivity index (χ4v) is 5.59. The maximum Gasteiger partial charge on any atom is 0.303 e. The van der Waals surface area contributed by atoms with E-state index >= 15 is 0 Å². The van der Waals surface area contributed by atoms with Crippen molar-refractivity contribution in [2.24, 2.45) is 27.7 Å². The van der Waals surface area contributed by atoms with Gasteiger partial charge in [-0.25, -0.2) is 9.79 Å². The van der Waals surface area contributed by atoms with Gasteiger partial charge < -0.3 is 4.74 Å². The van der Waals surface area contributed by atoms with Crippen LogP contribution >= 0.6 is 0 Å². The fourth-order valence-electron chi connectivity index (χ4n) is 5.59. The van der Waals surface area contributed by atoms with E-state index in [2.05, 4.69) is 25.8 Å². The van der Waals surface area contributed by atoms with Crippen molar-refractivity contribution < 1.29 is 14.3 Å². The first kappa shape index (κ1) is 17.2. The van der Waals surface area contributed by atoms with Crippen LogP contribution in [0.1, 0.15) is 66.7 Å². The van der Waals surface area contributed by atoms with Crippen LogP contribution in [0.3, 0.4) is 0 Å². The molecule has 0 aliphatic heterocycles. The zero-order valence-electron chi connectivity index (χ0n) is 14.6. The lowest BCUT2D eigenvalue weighted by Gasteiger charge is -2.61. The van der Waals surface area contributed by atoms with Crippen molar-refractivity contribution in [3.05, 3.63) is 0 Å². The van der Waals surface area contributed by atoms with E-state index in [4.69, 9.17) is 4.74 Å². The molecule has 0 N–H and O–H groups in total. The molecule has 2 aliphatic carbocycles. The Morgan fingerprint density at radius 3 is 2.50 bits per heavy atom. The molecule has 0 amide bonds. The maximum absolute atomic E-state index is 11.6. The van der Waals surface area contributed by atoms with Gasteiger partial charge in [0, 0.05) is 12.8 Å². The molecule has 0 aromatic carbocycles. The Labute approximate surface area is 133 Å². The van der Waals surface area contributed by atoms with Crippen molar-refractivity contribution in [1.29, 1.82) is 0 Å². The number of aliphatic imine (C=N–C) groups is 1. The number of esters is 1. The predicted molar refractivity (Wildman–Crippen MR) is 85.1 cm³/mol. The minimum absolute atomic E-state index is 0.0462. The first-order chi connectivity index (χ1) is 10.2. The Morgan fingerprint density at radius 2 is 1.91 bits per heavy atom. The highest BCUT2D eigenvalue weighted by Gasteiger charge is 2.59. The number of hydrogen-bond donors (Lipinski definition) is 0. The summed E-state index contributed by atoms with van der Waals surface area (Å²) in [5.41, 5.74) is -0.205. The molecular weight excluding hydrogens is 278 g/mol. The third-order valence-electron chi connectivity index (χ3n) is 6.45. The Hall–Kier alpha value is -1.15. The first-order valence-corrected chi connectivity index (χ1v) is 8.39. The van der Waals surface area contributed by atoms with Crippen molar-refractivity contribution in [3.63, 3.8) is 0 Å². The monoisotopic (exact) mass is 307 g/mol. The SMILES string of the molecule is CC(=O)O[C@]1(C)CC[C@H]2C(C)(C)CCC[C@]2(C)[C@H]1CN=C=O. The van der Waals surface area contributed by atoms with Crippen molar-refractivity contribution in [3.8, 4) is 0 Å². The van der Waals surface area contributed by atoms with Gasteiger partial charge in [0.2, 0.25) is 6.08 Å². The van der Waals surface area contributed by atoms with Gasteiger partial charge in [0.05, 0.1) is 6.54 Å². The molecule has 0 aromatic heterocycles. The van der Waals surface area contributed by atoms with Gasteiger partial charge in [0.15, 0.2) is 0 Å². The molecule has 22 heavy (non-hydrogen) atoms. The zero-order valence-corrected chi connectivity index (χ0v) is 14.6. The number of rotatable bonds is 3. The van der Waals surface area contributed by atoms with Crippen LogP contribution in [0.2, 0.25) is 0 Å². The molecule has 0 heterocycles. The van der Waals surface area contributed by atoms with Gasteiger partial charge in [-0.3, -0.25) is 4.79 Å². The molecule has 4 nitrogen and oxygen atoms in total. The molecule has 0 radical (unpaired) electrons. The van der Waals surface area contributed by atoms with Crippen molar-refractivity contribution in [2.45, 2.75) is 72.3 Å². The molecule has 2 fully saturated rings. The average molecular weight is 307 g/mol. The summed E-state index contributed by atoms with van der Waals surface area (Å²) >= 11 is 0. The van der Waals surface area contributed by atoms with Crippen LogP contribution in [-0.2, 0) is 14.3 Å². The summed E-state index contributed by atoms with van der Waals surface area (Å²) in [4.78, 5) is 26.2. The minimum atomic E-state index is -0.537. The lowest BCUT2D eigenvalue weighted by Crippen LogP contribution is -2.59. The molecule has 2 aliphatic rings. The molecule has 2 saturated carbocycles. The lowest BCUT2D eigenvalue weighted by molar-refractivity contribution is -0.195. The molecule has 0 spiro atoms. The number of nitrogens with zero attached hydrogens (tertiary/aromatic N) is 1. The molecule has 2 rings (SSSR count). The van der Waals surface area contributed by atoms with E-state index in [0.29, 0.717) is 12.5 Å². The van der Waals surface area contributed by atoms with E-state index in [0.717, 1.165) is 19.3 Å². The normalized spacial score (nSPS) is 40.2. The van der Waals surface area contributed by atoms with Crippen LogP contribution in [0.5, 0.6) is 0 Å². The second-order valence-corrected chi connectivity index (χ2v) is 8.33. The Morgan fingerprint density at radius 1 is 1.23 bits per heavy atom. The van der Waals surface area contributed by atoms with Crippen LogP contribution in [0.4, 0.5) is 0 Å². The van der Waals surface area contributed by atoms with Gasteiger partial charge in [-0.1, -0.05) is 27.2 Å². The third-order valence-corrected chi connectivity index (χ3v) is 6.45. The predicted octanol–water partition coefficient (Wildman–Crippen LogP) is 3.89. The number of ether oxygens (including phenoxy) is 1. The molecule has 0 saturated heterocycles. The second-order valence-electron chi connectivity index (χ2n) is 8.33. The average Bonchev–Trinajstić information content (AvgIpc) is 2.35. The van der Waals surface area contributed by atoms with Gasteiger partial charge in [-0.2, -0.15) is 0 Å². The van der Waals surface area contributed by atoms with Gasteiger partial charge in [-0.15, -0.1) is 0 Å². The lowest BCUT2D eigenvalue weighted by atomic mass is 9.45. The van der Waals surface area contributed by atoms with Gasteiger partial charge in [0.1, 0.15) is 5.60 Å². The number of fused-ring (bicyclic) bond motifs is 1. The Bertz CT molecular complexity index is 495. The molecule has 124 valence electrons. The third kappa shape index (κ3) is 2.86. The first-order valence-electron chi connectivity index (χ1n) is 8.39. The van der Waals surface area contributed by atoms with E-state index in [-0.39, 0.29) is 22.7 Å². The Balaban J connectivity index is 2.42. The highest BCUT2D eigenvalue weighted by atomic mass is 16.6. The van der Waals surface area contributed by atoms with E-state index in [1.165, 1.54) is 19.8 Å². The van der Waals surface area contributed by atoms with Gasteiger partial charge >= 0.3 is 5.97 Å². The van der Waals surface area contributed by atoms with Crippen LogP contribution in [0, 0.1) is 22.7 Å². The Kier molecular flexibility index (Phi) is 4.54. The number of carbonyl (C=O) groups excluding carboxylic acids is 2. The van der Waals surface area contributed by atoms with Gasteiger partial charge in [0.25, 0.3) is 0 Å². The van der Waals surface area contributed by atoms with Crippen LogP contribution < -0.4 is 0 Å². The van der Waals surface area contributed by atoms with Crippen LogP contribution in [0.25, 0.3) is 0 Å². The summed E-state index contributed by atoms with van der Waals surface area (Å²) < 4.78 is 5.74. The van der Waals surface area contributed by atoms with Crippen molar-refractivity contribution >= 4 is 12.0 Å². The van der Waals surface area contributed by atoms with E-state index in [1.807, 2.05) is 6.92 Å². The summed E-state index contributed by atoms with van der Waals surface area (Å²) in [5, 5.41) is 0. The van der Waals surface area contributed by atoms with E-state index < -0.39 is 5.60 Å². The molecular formula is C18H29NO3. The molecule has 0 unspecified atom stereocenters. The summed E-state index contributed by atoms with van der Waals surface area (Å²) in [6.07, 6.45) is 7.10. The largest absolute Gasteiger partial charge is 0.459 e. The summed E-state index contributed by atoms with van der Waals surface area (Å²) in [5.74, 6) is 0.396. The topological polar surface area (TPSA) is 55.7 Å². The smallest absolute Gasteiger partial charge is 0.303 e. The minimum Gasteiger partial charge on any atom is -0.459 e. The number of carbonyl (C=O) groups is 1. The quantitative estimate of drug-likeness (QED) is 0.451. The standard InChI is InChI=1S/C18H29NO3/c1-13(21)22-18(5)10-7-14-16(2,3)8-6-9-17(14,4)15(18)11-19-12-20/h14-15H,6-11H2,1-5H3/t14-,15+,17-,18+/m0/s1. The molecule has 0 bridgehead atoms. The molecule has 4 heteroatoms. The zero-order chi connectivity index (χ0) is 16.6. The maximum atomic E-state index is 11.6. The van der Waals surface area contributed by atoms with Crippen LogP contribution in [-0.4, -0.2) is 24.2 Å².